The molecule has 2 heterocycles. The number of carbonyl (C=O) groups is 3. The van der Waals surface area contributed by atoms with E-state index in [1.54, 1.807) is 6.07 Å². The number of rotatable bonds is 2. The summed E-state index contributed by atoms with van der Waals surface area (Å²) in [6.45, 7) is 0. The molecule has 6 heteroatoms. The summed E-state index contributed by atoms with van der Waals surface area (Å²) in [4.78, 5) is 39.5. The molecule has 86 valence electrons. The molecule has 2 unspecified atom stereocenters. The van der Waals surface area contributed by atoms with Crippen LogP contribution in [0.1, 0.15) is 27.3 Å². The van der Waals surface area contributed by atoms with Crippen LogP contribution in [-0.4, -0.2) is 38.8 Å². The highest BCUT2D eigenvalue weighted by atomic mass is 16.4. The van der Waals surface area contributed by atoms with Gasteiger partial charge in [-0.3, -0.25) is 24.3 Å². The van der Waals surface area contributed by atoms with Crippen molar-refractivity contribution in [3.8, 4) is 0 Å². The molecule has 2 atom stereocenters. The van der Waals surface area contributed by atoms with Crippen LogP contribution in [0.15, 0.2) is 18.3 Å². The number of hydrogen-bond acceptors (Lipinski definition) is 4. The first-order chi connectivity index (χ1) is 8.11. The SMILES string of the molecule is O=C(O)C1CC1N1C(=O)c2cccnc2C1=O. The van der Waals surface area contributed by atoms with Crippen molar-refractivity contribution >= 4 is 17.8 Å². The van der Waals surface area contributed by atoms with Crippen LogP contribution in [0.4, 0.5) is 0 Å². The number of aliphatic carboxylic acids is 1. The molecule has 17 heavy (non-hydrogen) atoms. The lowest BCUT2D eigenvalue weighted by Gasteiger charge is -2.11. The summed E-state index contributed by atoms with van der Waals surface area (Å²) >= 11 is 0. The summed E-state index contributed by atoms with van der Waals surface area (Å²) in [5.74, 6) is -2.53. The van der Waals surface area contributed by atoms with Crippen molar-refractivity contribution in [3.05, 3.63) is 29.6 Å². The molecule has 2 amide bonds. The van der Waals surface area contributed by atoms with Crippen molar-refractivity contribution in [1.29, 1.82) is 0 Å². The van der Waals surface area contributed by atoms with Crippen LogP contribution in [0, 0.1) is 5.92 Å². The molecule has 1 aromatic heterocycles. The number of imide groups is 1. The van der Waals surface area contributed by atoms with Crippen molar-refractivity contribution < 1.29 is 19.5 Å². The zero-order chi connectivity index (χ0) is 12.2. The average Bonchev–Trinajstić information content (AvgIpc) is 3.05. The first kappa shape index (κ1) is 9.95. The van der Waals surface area contributed by atoms with Gasteiger partial charge in [-0.15, -0.1) is 0 Å². The Morgan fingerprint density at radius 1 is 1.41 bits per heavy atom. The monoisotopic (exact) mass is 232 g/mol. The molecular formula is C11H8N2O4. The normalized spacial score (nSPS) is 26.0. The summed E-state index contributed by atoms with van der Waals surface area (Å²) < 4.78 is 0. The Hall–Kier alpha value is -2.24. The van der Waals surface area contributed by atoms with Crippen molar-refractivity contribution in [3.63, 3.8) is 0 Å². The van der Waals surface area contributed by atoms with Crippen LogP contribution >= 0.6 is 0 Å². The van der Waals surface area contributed by atoms with E-state index in [4.69, 9.17) is 5.11 Å². The van der Waals surface area contributed by atoms with Gasteiger partial charge in [-0.2, -0.15) is 0 Å². The fraction of sp³-hybridized carbons (Fsp3) is 0.273. The maximum absolute atomic E-state index is 11.9. The van der Waals surface area contributed by atoms with E-state index < -0.39 is 29.7 Å². The van der Waals surface area contributed by atoms with E-state index in [1.165, 1.54) is 12.3 Å². The lowest BCUT2D eigenvalue weighted by molar-refractivity contribution is -0.138. The summed E-state index contributed by atoms with van der Waals surface area (Å²) in [5.41, 5.74) is 0.377. The Bertz CT molecular complexity index is 519. The highest BCUT2D eigenvalue weighted by Crippen LogP contribution is 2.39. The van der Waals surface area contributed by atoms with E-state index in [1.807, 2.05) is 0 Å². The molecule has 0 saturated heterocycles. The summed E-state index contributed by atoms with van der Waals surface area (Å²) in [6.07, 6.45) is 1.77. The Morgan fingerprint density at radius 3 is 2.76 bits per heavy atom. The molecule has 0 bridgehead atoms. The van der Waals surface area contributed by atoms with Crippen molar-refractivity contribution in [2.45, 2.75) is 12.5 Å². The van der Waals surface area contributed by atoms with E-state index in [9.17, 15) is 14.4 Å². The minimum Gasteiger partial charge on any atom is -0.481 e. The predicted molar refractivity (Wildman–Crippen MR) is 54.3 cm³/mol. The summed E-state index contributed by atoms with van der Waals surface area (Å²) in [5, 5.41) is 8.81. The predicted octanol–water partition coefficient (Wildman–Crippen LogP) is 0.151. The maximum atomic E-state index is 11.9. The van der Waals surface area contributed by atoms with Crippen molar-refractivity contribution in [2.75, 3.05) is 0 Å². The Kier molecular flexibility index (Phi) is 1.83. The number of fused-ring (bicyclic) bond motifs is 1. The number of pyridine rings is 1. The number of carbonyl (C=O) groups excluding carboxylic acids is 2. The second kappa shape index (κ2) is 3.13. The molecule has 6 nitrogen and oxygen atoms in total. The minimum absolute atomic E-state index is 0.119. The molecule has 0 spiro atoms. The lowest BCUT2D eigenvalue weighted by Crippen LogP contribution is -2.34. The van der Waals surface area contributed by atoms with Gasteiger partial charge in [0.1, 0.15) is 5.69 Å². The van der Waals surface area contributed by atoms with E-state index in [0.29, 0.717) is 6.42 Å². The van der Waals surface area contributed by atoms with Crippen LogP contribution < -0.4 is 0 Å². The van der Waals surface area contributed by atoms with Crippen molar-refractivity contribution in [1.82, 2.24) is 9.88 Å². The second-order valence-corrected chi connectivity index (χ2v) is 4.13. The fourth-order valence-electron chi connectivity index (χ4n) is 2.12. The Balaban J connectivity index is 1.94. The number of aromatic nitrogens is 1. The van der Waals surface area contributed by atoms with Gasteiger partial charge in [0.15, 0.2) is 0 Å². The third kappa shape index (κ3) is 1.27. The van der Waals surface area contributed by atoms with Gasteiger partial charge >= 0.3 is 5.97 Å². The molecule has 2 aliphatic rings. The molecule has 1 saturated carbocycles. The Morgan fingerprint density at radius 2 is 2.18 bits per heavy atom. The van der Waals surface area contributed by atoms with E-state index in [-0.39, 0.29) is 11.3 Å². The van der Waals surface area contributed by atoms with Gasteiger partial charge in [0.25, 0.3) is 11.8 Å². The molecule has 0 radical (unpaired) electrons. The lowest BCUT2D eigenvalue weighted by atomic mass is 10.2. The van der Waals surface area contributed by atoms with Gasteiger partial charge in [-0.25, -0.2) is 0 Å². The zero-order valence-corrected chi connectivity index (χ0v) is 8.66. The molecule has 1 aliphatic heterocycles. The van der Waals surface area contributed by atoms with Crippen molar-refractivity contribution in [2.24, 2.45) is 5.92 Å². The third-order valence-corrected chi connectivity index (χ3v) is 3.08. The van der Waals surface area contributed by atoms with Gasteiger partial charge in [0.2, 0.25) is 0 Å². The molecular weight excluding hydrogens is 224 g/mol. The molecule has 0 aromatic carbocycles. The van der Waals surface area contributed by atoms with E-state index >= 15 is 0 Å². The van der Waals surface area contributed by atoms with Crippen LogP contribution in [0.3, 0.4) is 0 Å². The fourth-order valence-corrected chi connectivity index (χ4v) is 2.12. The molecule has 1 N–H and O–H groups in total. The highest BCUT2D eigenvalue weighted by molar-refractivity contribution is 6.21. The zero-order valence-electron chi connectivity index (χ0n) is 8.66. The maximum Gasteiger partial charge on any atom is 0.308 e. The number of carboxylic acids is 1. The number of carboxylic acid groups (broad SMARTS) is 1. The first-order valence-corrected chi connectivity index (χ1v) is 5.17. The average molecular weight is 232 g/mol. The standard InChI is InChI=1S/C11H8N2O4/c14-9-5-2-1-3-12-8(5)10(15)13(9)7-4-6(7)11(16)17/h1-3,6-7H,4H2,(H,16,17). The van der Waals surface area contributed by atoms with Gasteiger partial charge < -0.3 is 5.11 Å². The molecule has 3 rings (SSSR count). The van der Waals surface area contributed by atoms with Crippen LogP contribution in [0.5, 0.6) is 0 Å². The number of nitrogens with zero attached hydrogens (tertiary/aromatic N) is 2. The summed E-state index contributed by atoms with van der Waals surface area (Å²) in [6, 6.07) is 2.59. The second-order valence-electron chi connectivity index (χ2n) is 4.13. The minimum atomic E-state index is -0.973. The molecule has 1 fully saturated rings. The van der Waals surface area contributed by atoms with E-state index in [2.05, 4.69) is 4.98 Å². The largest absolute Gasteiger partial charge is 0.481 e. The van der Waals surface area contributed by atoms with Gasteiger partial charge in [-0.1, -0.05) is 0 Å². The van der Waals surface area contributed by atoms with Gasteiger partial charge in [-0.05, 0) is 18.6 Å². The van der Waals surface area contributed by atoms with Gasteiger partial charge in [0.05, 0.1) is 17.5 Å². The number of hydrogen-bond donors (Lipinski definition) is 1. The third-order valence-electron chi connectivity index (χ3n) is 3.08. The smallest absolute Gasteiger partial charge is 0.308 e. The quantitative estimate of drug-likeness (QED) is 0.733. The molecule has 1 aliphatic carbocycles. The number of amides is 2. The van der Waals surface area contributed by atoms with Gasteiger partial charge in [0, 0.05) is 6.20 Å². The highest BCUT2D eigenvalue weighted by Gasteiger charge is 2.54. The van der Waals surface area contributed by atoms with Crippen LogP contribution in [0.25, 0.3) is 0 Å². The van der Waals surface area contributed by atoms with E-state index in [0.717, 1.165) is 4.90 Å². The Labute approximate surface area is 95.9 Å². The van der Waals surface area contributed by atoms with Crippen LogP contribution in [0.2, 0.25) is 0 Å². The molecule has 1 aromatic rings. The van der Waals surface area contributed by atoms with Crippen LogP contribution in [-0.2, 0) is 4.79 Å². The first-order valence-electron chi connectivity index (χ1n) is 5.17. The summed E-state index contributed by atoms with van der Waals surface area (Å²) in [7, 11) is 0. The topological polar surface area (TPSA) is 87.6 Å².